The molecule has 2 aromatic rings. The highest BCUT2D eigenvalue weighted by atomic mass is 16.5. The molecule has 0 radical (unpaired) electrons. The average molecular weight is 451 g/mol. The summed E-state index contributed by atoms with van der Waals surface area (Å²) < 4.78 is 11.9. The number of ether oxygens (including phenoxy) is 2. The molecule has 9 heteroatoms. The summed E-state index contributed by atoms with van der Waals surface area (Å²) >= 11 is 0. The molecule has 1 amide bonds. The highest BCUT2D eigenvalue weighted by Gasteiger charge is 2.26. The van der Waals surface area contributed by atoms with Crippen LogP contribution in [0, 0.1) is 0 Å². The number of hydrogen-bond acceptors (Lipinski definition) is 7. The van der Waals surface area contributed by atoms with Crippen molar-refractivity contribution >= 4 is 35.2 Å². The van der Waals surface area contributed by atoms with Crippen LogP contribution in [0.1, 0.15) is 32.6 Å². The minimum atomic E-state index is -0.299. The van der Waals surface area contributed by atoms with E-state index in [2.05, 4.69) is 49.0 Å². The summed E-state index contributed by atoms with van der Waals surface area (Å²) in [6, 6.07) is 4.19. The van der Waals surface area contributed by atoms with Crippen LogP contribution in [-0.2, 0) is 9.53 Å². The van der Waals surface area contributed by atoms with Gasteiger partial charge in [-0.15, -0.1) is 0 Å². The Bertz CT molecular complexity index is 1040. The molecule has 174 valence electrons. The number of aromatic nitrogens is 2. The molecule has 0 unspecified atom stereocenters. The van der Waals surface area contributed by atoms with E-state index < -0.39 is 0 Å². The molecule has 0 atom stereocenters. The first-order chi connectivity index (χ1) is 16.2. The standard InChI is InChI=1S/C24H30N6O3/c1-3-8-28-23(25-2)24(31)29-17-4-6-19(7-5-17)33-21-16-18(30-11-13-32-14-12-30)15-20-22(21)27-10-9-26-20/h3,8-10,15-17,19H,2,4-7,11-14H2,1H3,(H,29,31)/b8-3-,28-23-/t17-,19+. The van der Waals surface area contributed by atoms with Gasteiger partial charge in [0.15, 0.2) is 0 Å². The Labute approximate surface area is 193 Å². The van der Waals surface area contributed by atoms with Gasteiger partial charge in [0.1, 0.15) is 11.3 Å². The number of carbonyl (C=O) groups excluding carboxylic acids is 1. The molecule has 1 saturated carbocycles. The second-order valence-electron chi connectivity index (χ2n) is 8.13. The van der Waals surface area contributed by atoms with Gasteiger partial charge in [0.2, 0.25) is 5.84 Å². The van der Waals surface area contributed by atoms with Crippen molar-refractivity contribution in [2.45, 2.75) is 44.8 Å². The minimum absolute atomic E-state index is 0.0528. The van der Waals surface area contributed by atoms with Crippen LogP contribution in [0.4, 0.5) is 5.69 Å². The molecule has 1 saturated heterocycles. The number of fused-ring (bicyclic) bond motifs is 1. The molecule has 2 aliphatic rings. The lowest BCUT2D eigenvalue weighted by atomic mass is 9.93. The molecule has 0 spiro atoms. The number of benzene rings is 1. The third-order valence-corrected chi connectivity index (χ3v) is 5.90. The lowest BCUT2D eigenvalue weighted by Gasteiger charge is -2.31. The molecule has 1 aliphatic carbocycles. The summed E-state index contributed by atoms with van der Waals surface area (Å²) in [6.07, 6.45) is 10.0. The van der Waals surface area contributed by atoms with E-state index in [0.717, 1.165) is 61.2 Å². The van der Waals surface area contributed by atoms with Crippen LogP contribution in [0.25, 0.3) is 11.0 Å². The third kappa shape index (κ3) is 5.73. The number of aliphatic imine (C=N–C) groups is 2. The maximum atomic E-state index is 12.4. The van der Waals surface area contributed by atoms with E-state index in [9.17, 15) is 4.79 Å². The van der Waals surface area contributed by atoms with Crippen LogP contribution in [-0.4, -0.2) is 66.9 Å². The normalized spacial score (nSPS) is 21.8. The predicted molar refractivity (Wildman–Crippen MR) is 129 cm³/mol. The molecule has 1 aromatic carbocycles. The first kappa shape index (κ1) is 22.8. The molecule has 1 N–H and O–H groups in total. The number of amidine groups is 1. The molecule has 2 fully saturated rings. The number of nitrogens with one attached hydrogen (secondary N) is 1. The van der Waals surface area contributed by atoms with Crippen LogP contribution < -0.4 is 15.0 Å². The number of rotatable bonds is 5. The van der Waals surface area contributed by atoms with Crippen molar-refractivity contribution in [2.75, 3.05) is 31.2 Å². The van der Waals surface area contributed by atoms with Crippen molar-refractivity contribution in [1.29, 1.82) is 0 Å². The minimum Gasteiger partial charge on any atom is -0.488 e. The van der Waals surface area contributed by atoms with E-state index in [1.54, 1.807) is 18.5 Å². The van der Waals surface area contributed by atoms with E-state index in [-0.39, 0.29) is 23.9 Å². The van der Waals surface area contributed by atoms with Gasteiger partial charge in [0.05, 0.1) is 24.8 Å². The van der Waals surface area contributed by atoms with Crippen molar-refractivity contribution < 1.29 is 14.3 Å². The third-order valence-electron chi connectivity index (χ3n) is 5.90. The first-order valence-corrected chi connectivity index (χ1v) is 11.4. The fraction of sp³-hybridized carbons (Fsp3) is 0.458. The highest BCUT2D eigenvalue weighted by molar-refractivity contribution is 6.39. The van der Waals surface area contributed by atoms with Gasteiger partial charge >= 0.3 is 0 Å². The van der Waals surface area contributed by atoms with Gasteiger partial charge < -0.3 is 19.7 Å². The molecule has 9 nitrogen and oxygen atoms in total. The molecule has 0 bridgehead atoms. The van der Waals surface area contributed by atoms with Gasteiger partial charge in [-0.05, 0) is 45.4 Å². The Kier molecular flexibility index (Phi) is 7.62. The van der Waals surface area contributed by atoms with E-state index in [0.29, 0.717) is 13.2 Å². The maximum absolute atomic E-state index is 12.4. The van der Waals surface area contributed by atoms with Gasteiger partial charge in [-0.2, -0.15) is 0 Å². The molecule has 2 heterocycles. The largest absolute Gasteiger partial charge is 0.488 e. The van der Waals surface area contributed by atoms with Crippen molar-refractivity contribution in [1.82, 2.24) is 15.3 Å². The summed E-state index contributed by atoms with van der Waals surface area (Å²) in [4.78, 5) is 31.4. The van der Waals surface area contributed by atoms with Gasteiger partial charge in [0, 0.05) is 49.5 Å². The number of nitrogens with zero attached hydrogens (tertiary/aromatic N) is 5. The topological polar surface area (TPSA) is 101 Å². The van der Waals surface area contributed by atoms with Gasteiger partial charge in [0.25, 0.3) is 5.91 Å². The van der Waals surface area contributed by atoms with Crippen LogP contribution in [0.5, 0.6) is 5.75 Å². The SMILES string of the molecule is C=N/C(=N\C=C/C)C(=O)N[C@H]1CC[C@@H](Oc2cc(N3CCOCC3)cc3nccnc23)CC1. The first-order valence-electron chi connectivity index (χ1n) is 11.4. The van der Waals surface area contributed by atoms with Crippen molar-refractivity contribution in [3.05, 3.63) is 36.8 Å². The fourth-order valence-corrected chi connectivity index (χ4v) is 4.19. The quantitative estimate of drug-likeness (QED) is 0.555. The Morgan fingerprint density at radius 3 is 2.70 bits per heavy atom. The maximum Gasteiger partial charge on any atom is 0.289 e. The molecular formula is C24H30N6O3. The number of anilines is 1. The van der Waals surface area contributed by atoms with Gasteiger partial charge in [-0.1, -0.05) is 6.08 Å². The summed E-state index contributed by atoms with van der Waals surface area (Å²) in [6.45, 7) is 8.38. The van der Waals surface area contributed by atoms with E-state index >= 15 is 0 Å². The number of amides is 1. The van der Waals surface area contributed by atoms with Gasteiger partial charge in [-0.3, -0.25) is 9.78 Å². The van der Waals surface area contributed by atoms with Crippen molar-refractivity contribution in [3.63, 3.8) is 0 Å². The summed E-state index contributed by atoms with van der Waals surface area (Å²) in [5.74, 6) is 0.537. The summed E-state index contributed by atoms with van der Waals surface area (Å²) in [5, 5.41) is 3.01. The molecular weight excluding hydrogens is 420 g/mol. The molecule has 1 aromatic heterocycles. The zero-order valence-electron chi connectivity index (χ0n) is 18.9. The fourth-order valence-electron chi connectivity index (χ4n) is 4.19. The number of morpholine rings is 1. The van der Waals surface area contributed by atoms with E-state index in [1.165, 1.54) is 6.20 Å². The average Bonchev–Trinajstić information content (AvgIpc) is 2.86. The van der Waals surface area contributed by atoms with Crippen LogP contribution in [0.2, 0.25) is 0 Å². The smallest absolute Gasteiger partial charge is 0.289 e. The zero-order valence-corrected chi connectivity index (χ0v) is 18.9. The Balaban J connectivity index is 1.41. The van der Waals surface area contributed by atoms with E-state index in [4.69, 9.17) is 9.47 Å². The van der Waals surface area contributed by atoms with Crippen LogP contribution in [0.15, 0.2) is 46.8 Å². The second-order valence-corrected chi connectivity index (χ2v) is 8.13. The second kappa shape index (κ2) is 11.0. The lowest BCUT2D eigenvalue weighted by molar-refractivity contribution is -0.115. The Morgan fingerprint density at radius 1 is 1.21 bits per heavy atom. The Morgan fingerprint density at radius 2 is 1.97 bits per heavy atom. The zero-order chi connectivity index (χ0) is 23.0. The number of hydrogen-bond donors (Lipinski definition) is 1. The van der Waals surface area contributed by atoms with Crippen LogP contribution >= 0.6 is 0 Å². The molecule has 4 rings (SSSR count). The van der Waals surface area contributed by atoms with Gasteiger partial charge in [-0.25, -0.2) is 15.0 Å². The monoisotopic (exact) mass is 450 g/mol. The number of allylic oxidation sites excluding steroid dienone is 1. The van der Waals surface area contributed by atoms with Crippen molar-refractivity contribution in [3.8, 4) is 5.75 Å². The molecule has 1 aliphatic heterocycles. The molecule has 33 heavy (non-hydrogen) atoms. The summed E-state index contributed by atoms with van der Waals surface area (Å²) in [7, 11) is 0. The van der Waals surface area contributed by atoms with E-state index in [1.807, 2.05) is 6.92 Å². The number of carbonyl (C=O) groups is 1. The van der Waals surface area contributed by atoms with Crippen LogP contribution in [0.3, 0.4) is 0 Å². The highest BCUT2D eigenvalue weighted by Crippen LogP contribution is 2.32. The lowest BCUT2D eigenvalue weighted by Crippen LogP contribution is -2.42. The Hall–Kier alpha value is -3.33. The summed E-state index contributed by atoms with van der Waals surface area (Å²) in [5.41, 5.74) is 2.67. The van der Waals surface area contributed by atoms with Crippen molar-refractivity contribution in [2.24, 2.45) is 9.98 Å². The predicted octanol–water partition coefficient (Wildman–Crippen LogP) is 2.91.